The van der Waals surface area contributed by atoms with Gasteiger partial charge in [-0.25, -0.2) is 19.1 Å². The number of amides is 2. The highest BCUT2D eigenvalue weighted by molar-refractivity contribution is 6.08. The zero-order valence-electron chi connectivity index (χ0n) is 19.9. The summed E-state index contributed by atoms with van der Waals surface area (Å²) in [6.45, 7) is 6.46. The number of fused-ring (bicyclic) bond motifs is 3. The Balaban J connectivity index is 1.45. The standard InChI is InChI=1S/C25H28N6O4/c1-25(2,3)35-24(34)30-11-5-6-16(14-30)27-22(32)18-13-21-28-29-23(33)31(21)20-12-15(8-9-17(18)20)19-7-4-10-26-19/h4,7-10,12-13,16,26H,5-6,11,14H2,1-3H3,(H,27,32)(H,29,33)/t16-/m0/s1. The molecule has 1 aliphatic heterocycles. The van der Waals surface area contributed by atoms with Gasteiger partial charge in [0, 0.05) is 42.0 Å². The number of aromatic nitrogens is 4. The molecule has 4 heterocycles. The molecule has 0 bridgehead atoms. The van der Waals surface area contributed by atoms with Crippen LogP contribution in [0.5, 0.6) is 0 Å². The number of carbonyl (C=O) groups excluding carboxylic acids is 2. The van der Waals surface area contributed by atoms with Gasteiger partial charge in [0.2, 0.25) is 0 Å². The van der Waals surface area contributed by atoms with Gasteiger partial charge in [0.25, 0.3) is 5.91 Å². The lowest BCUT2D eigenvalue weighted by molar-refractivity contribution is 0.0185. The fraction of sp³-hybridized carbons (Fsp3) is 0.360. The van der Waals surface area contributed by atoms with E-state index in [9.17, 15) is 14.4 Å². The number of pyridine rings is 1. The minimum Gasteiger partial charge on any atom is -0.444 e. The third kappa shape index (κ3) is 4.51. The van der Waals surface area contributed by atoms with Crippen LogP contribution in [0.15, 0.2) is 47.4 Å². The van der Waals surface area contributed by atoms with Gasteiger partial charge in [0.15, 0.2) is 5.65 Å². The van der Waals surface area contributed by atoms with Gasteiger partial charge in [0.05, 0.1) is 11.1 Å². The molecule has 182 valence electrons. The number of hydrogen-bond donors (Lipinski definition) is 3. The molecule has 2 amide bonds. The van der Waals surface area contributed by atoms with Crippen LogP contribution in [0.4, 0.5) is 4.79 Å². The Morgan fingerprint density at radius 3 is 2.77 bits per heavy atom. The SMILES string of the molecule is CC(C)(C)OC(=O)N1CCC[C@H](NC(=O)c2cc3n[nH]c(=O)n3c3cc(-c4ccc[nH]4)ccc23)C1. The summed E-state index contributed by atoms with van der Waals surface area (Å²) in [5.41, 5.74) is 2.18. The molecule has 0 radical (unpaired) electrons. The fourth-order valence-electron chi connectivity index (χ4n) is 4.51. The first-order valence-corrected chi connectivity index (χ1v) is 11.7. The average molecular weight is 477 g/mol. The average Bonchev–Trinajstić information content (AvgIpc) is 3.47. The van der Waals surface area contributed by atoms with Crippen molar-refractivity contribution in [2.75, 3.05) is 13.1 Å². The molecule has 1 saturated heterocycles. The number of nitrogens with zero attached hydrogens (tertiary/aromatic N) is 3. The van der Waals surface area contributed by atoms with Crippen LogP contribution in [-0.2, 0) is 4.74 Å². The van der Waals surface area contributed by atoms with Crippen molar-refractivity contribution in [3.63, 3.8) is 0 Å². The van der Waals surface area contributed by atoms with Gasteiger partial charge in [-0.1, -0.05) is 12.1 Å². The quantitative estimate of drug-likeness (QED) is 0.418. The summed E-state index contributed by atoms with van der Waals surface area (Å²) < 4.78 is 6.95. The van der Waals surface area contributed by atoms with E-state index in [-0.39, 0.29) is 23.7 Å². The van der Waals surface area contributed by atoms with Gasteiger partial charge < -0.3 is 19.9 Å². The zero-order valence-corrected chi connectivity index (χ0v) is 19.9. The Labute approximate surface area is 201 Å². The lowest BCUT2D eigenvalue weighted by Crippen LogP contribution is -2.50. The zero-order chi connectivity index (χ0) is 24.7. The fourth-order valence-corrected chi connectivity index (χ4v) is 4.51. The Bertz CT molecular complexity index is 1460. The van der Waals surface area contributed by atoms with Crippen LogP contribution < -0.4 is 11.0 Å². The number of nitrogens with one attached hydrogen (secondary N) is 3. The molecule has 1 atom stereocenters. The van der Waals surface area contributed by atoms with E-state index in [2.05, 4.69) is 20.5 Å². The smallest absolute Gasteiger partial charge is 0.410 e. The molecular formula is C25H28N6O4. The maximum absolute atomic E-state index is 13.4. The highest BCUT2D eigenvalue weighted by atomic mass is 16.6. The van der Waals surface area contributed by atoms with Crippen LogP contribution in [0, 0.1) is 0 Å². The van der Waals surface area contributed by atoms with Crippen LogP contribution in [0.3, 0.4) is 0 Å². The van der Waals surface area contributed by atoms with Crippen molar-refractivity contribution in [1.29, 1.82) is 0 Å². The van der Waals surface area contributed by atoms with Crippen molar-refractivity contribution in [1.82, 2.24) is 29.8 Å². The Hall–Kier alpha value is -4.08. The lowest BCUT2D eigenvalue weighted by atomic mass is 10.0. The van der Waals surface area contributed by atoms with E-state index in [4.69, 9.17) is 4.74 Å². The number of rotatable bonds is 3. The molecule has 0 spiro atoms. The number of hydrogen-bond acceptors (Lipinski definition) is 5. The molecule has 1 aromatic carbocycles. The molecule has 0 aliphatic carbocycles. The molecule has 10 nitrogen and oxygen atoms in total. The molecule has 35 heavy (non-hydrogen) atoms. The largest absolute Gasteiger partial charge is 0.444 e. The number of aromatic amines is 2. The second-order valence-corrected chi connectivity index (χ2v) is 9.84. The maximum Gasteiger partial charge on any atom is 0.410 e. The highest BCUT2D eigenvalue weighted by Gasteiger charge is 2.29. The van der Waals surface area contributed by atoms with Gasteiger partial charge in [-0.05, 0) is 57.9 Å². The first-order chi connectivity index (χ1) is 16.7. The van der Waals surface area contributed by atoms with Crippen LogP contribution in [-0.4, -0.2) is 61.2 Å². The monoisotopic (exact) mass is 476 g/mol. The van der Waals surface area contributed by atoms with E-state index >= 15 is 0 Å². The first-order valence-electron chi connectivity index (χ1n) is 11.7. The third-order valence-corrected chi connectivity index (χ3v) is 6.06. The number of benzene rings is 1. The van der Waals surface area contributed by atoms with Gasteiger partial charge in [-0.2, -0.15) is 5.10 Å². The number of likely N-dealkylation sites (tertiary alicyclic amines) is 1. The van der Waals surface area contributed by atoms with Crippen molar-refractivity contribution in [2.24, 2.45) is 0 Å². The van der Waals surface area contributed by atoms with Gasteiger partial charge in [-0.3, -0.25) is 4.79 Å². The van der Waals surface area contributed by atoms with Crippen molar-refractivity contribution in [2.45, 2.75) is 45.3 Å². The van der Waals surface area contributed by atoms with Crippen LogP contribution in [0.1, 0.15) is 44.0 Å². The first kappa shape index (κ1) is 22.7. The van der Waals surface area contributed by atoms with E-state index in [0.29, 0.717) is 35.2 Å². The molecule has 4 aromatic rings. The summed E-state index contributed by atoms with van der Waals surface area (Å²) in [4.78, 5) is 43.2. The molecule has 0 unspecified atom stereocenters. The summed E-state index contributed by atoms with van der Waals surface area (Å²) in [5.74, 6) is -0.281. The second-order valence-electron chi connectivity index (χ2n) is 9.84. The molecular weight excluding hydrogens is 448 g/mol. The highest BCUT2D eigenvalue weighted by Crippen LogP contribution is 2.26. The summed E-state index contributed by atoms with van der Waals surface area (Å²) in [6.07, 6.45) is 2.96. The van der Waals surface area contributed by atoms with Crippen LogP contribution in [0.25, 0.3) is 27.8 Å². The number of carbonyl (C=O) groups is 2. The Morgan fingerprint density at radius 1 is 1.20 bits per heavy atom. The minimum atomic E-state index is -0.581. The van der Waals surface area contributed by atoms with Gasteiger partial charge >= 0.3 is 11.8 Å². The van der Waals surface area contributed by atoms with Gasteiger partial charge in [-0.15, -0.1) is 0 Å². The Morgan fingerprint density at radius 2 is 2.03 bits per heavy atom. The molecule has 1 aliphatic rings. The molecule has 3 aromatic heterocycles. The summed E-state index contributed by atoms with van der Waals surface area (Å²) in [5, 5.41) is 10.3. The van der Waals surface area contributed by atoms with E-state index in [1.807, 2.05) is 57.3 Å². The minimum absolute atomic E-state index is 0.213. The number of H-pyrrole nitrogens is 2. The molecule has 5 rings (SSSR count). The van der Waals surface area contributed by atoms with Crippen LogP contribution in [0.2, 0.25) is 0 Å². The van der Waals surface area contributed by atoms with E-state index in [1.165, 1.54) is 4.40 Å². The predicted octanol–water partition coefficient (Wildman–Crippen LogP) is 3.30. The van der Waals surface area contributed by atoms with Crippen molar-refractivity contribution in [3.05, 3.63) is 58.6 Å². The number of piperidine rings is 1. The molecule has 3 N–H and O–H groups in total. The van der Waals surface area contributed by atoms with Crippen molar-refractivity contribution >= 4 is 28.6 Å². The molecule has 1 fully saturated rings. The summed E-state index contributed by atoms with van der Waals surface area (Å²) >= 11 is 0. The maximum atomic E-state index is 13.4. The predicted molar refractivity (Wildman–Crippen MR) is 131 cm³/mol. The number of ether oxygens (including phenoxy) is 1. The van der Waals surface area contributed by atoms with Crippen LogP contribution >= 0.6 is 0 Å². The Kier molecular flexibility index (Phi) is 5.58. The van der Waals surface area contributed by atoms with E-state index < -0.39 is 5.60 Å². The normalized spacial score (nSPS) is 16.5. The second kappa shape index (κ2) is 8.61. The van der Waals surface area contributed by atoms with Gasteiger partial charge in [0.1, 0.15) is 5.60 Å². The van der Waals surface area contributed by atoms with Crippen molar-refractivity contribution < 1.29 is 14.3 Å². The van der Waals surface area contributed by atoms with E-state index in [1.54, 1.807) is 11.0 Å². The topological polar surface area (TPSA) is 125 Å². The molecule has 10 heteroatoms. The summed E-state index contributed by atoms with van der Waals surface area (Å²) in [6, 6.07) is 10.8. The lowest BCUT2D eigenvalue weighted by Gasteiger charge is -2.34. The molecule has 0 saturated carbocycles. The van der Waals surface area contributed by atoms with E-state index in [0.717, 1.165) is 24.1 Å². The van der Waals surface area contributed by atoms with Crippen molar-refractivity contribution in [3.8, 4) is 11.3 Å². The summed E-state index contributed by atoms with van der Waals surface area (Å²) in [7, 11) is 0. The third-order valence-electron chi connectivity index (χ3n) is 6.06.